The van der Waals surface area contributed by atoms with E-state index < -0.39 is 5.56 Å². The summed E-state index contributed by atoms with van der Waals surface area (Å²) in [6.07, 6.45) is 1.34. The molecule has 2 aromatic rings. The molecule has 2 heterocycles. The van der Waals surface area contributed by atoms with Crippen LogP contribution in [0.3, 0.4) is 0 Å². The number of nitrogen functional groups attached to an aromatic ring is 1. The molecule has 0 aliphatic rings. The van der Waals surface area contributed by atoms with Gasteiger partial charge in [-0.2, -0.15) is 0 Å². The Hall–Kier alpha value is -1.82. The molecule has 84 valence electrons. The van der Waals surface area contributed by atoms with Crippen LogP contribution < -0.4 is 17.0 Å². The van der Waals surface area contributed by atoms with Crippen molar-refractivity contribution in [1.82, 2.24) is 9.13 Å². The summed E-state index contributed by atoms with van der Waals surface area (Å²) in [6.45, 7) is 0.272. The van der Waals surface area contributed by atoms with Gasteiger partial charge in [0.05, 0.1) is 6.54 Å². The van der Waals surface area contributed by atoms with Gasteiger partial charge in [-0.25, -0.2) is 4.79 Å². The highest BCUT2D eigenvalue weighted by Crippen LogP contribution is 2.08. The largest absolute Gasteiger partial charge is 0.393 e. The predicted molar refractivity (Wildman–Crippen MR) is 63.8 cm³/mol. The third-order valence-corrected chi connectivity index (χ3v) is 3.11. The SMILES string of the molecule is Cn1cc(N)c(=O)n(Cc2cccs2)c1=O. The van der Waals surface area contributed by atoms with Crippen LogP contribution in [0.1, 0.15) is 4.88 Å². The van der Waals surface area contributed by atoms with Crippen molar-refractivity contribution < 1.29 is 0 Å². The zero-order valence-corrected chi connectivity index (χ0v) is 9.53. The lowest BCUT2D eigenvalue weighted by Crippen LogP contribution is -2.39. The van der Waals surface area contributed by atoms with Crippen LogP contribution in [0.2, 0.25) is 0 Å². The summed E-state index contributed by atoms with van der Waals surface area (Å²) < 4.78 is 2.45. The summed E-state index contributed by atoms with van der Waals surface area (Å²) in [5.41, 5.74) is 4.82. The summed E-state index contributed by atoms with van der Waals surface area (Å²) in [4.78, 5) is 24.4. The van der Waals surface area contributed by atoms with E-state index in [1.165, 1.54) is 22.1 Å². The number of hydrogen-bond acceptors (Lipinski definition) is 4. The van der Waals surface area contributed by atoms with E-state index in [1.54, 1.807) is 7.05 Å². The Balaban J connectivity index is 2.56. The van der Waals surface area contributed by atoms with Gasteiger partial charge in [-0.15, -0.1) is 11.3 Å². The molecule has 0 amide bonds. The average Bonchev–Trinajstić information content (AvgIpc) is 2.74. The summed E-state index contributed by atoms with van der Waals surface area (Å²) >= 11 is 1.50. The molecule has 0 fully saturated rings. The molecule has 6 heteroatoms. The van der Waals surface area contributed by atoms with Crippen LogP contribution in [-0.4, -0.2) is 9.13 Å². The molecule has 0 aliphatic carbocycles. The Labute approximate surface area is 95.4 Å². The number of aromatic nitrogens is 2. The molecule has 0 saturated carbocycles. The Morgan fingerprint density at radius 3 is 2.81 bits per heavy atom. The average molecular weight is 237 g/mol. The van der Waals surface area contributed by atoms with Crippen molar-refractivity contribution in [1.29, 1.82) is 0 Å². The normalized spacial score (nSPS) is 10.6. The maximum atomic E-state index is 11.7. The monoisotopic (exact) mass is 237 g/mol. The van der Waals surface area contributed by atoms with Gasteiger partial charge in [-0.3, -0.25) is 9.36 Å². The molecule has 16 heavy (non-hydrogen) atoms. The van der Waals surface area contributed by atoms with Gasteiger partial charge in [0.25, 0.3) is 5.56 Å². The van der Waals surface area contributed by atoms with Crippen molar-refractivity contribution in [3.63, 3.8) is 0 Å². The molecule has 0 radical (unpaired) electrons. The molecule has 0 aliphatic heterocycles. The van der Waals surface area contributed by atoms with Gasteiger partial charge in [0, 0.05) is 18.1 Å². The van der Waals surface area contributed by atoms with E-state index in [4.69, 9.17) is 5.73 Å². The third kappa shape index (κ3) is 1.79. The van der Waals surface area contributed by atoms with Gasteiger partial charge in [0.15, 0.2) is 0 Å². The first kappa shape index (κ1) is 10.7. The van der Waals surface area contributed by atoms with Gasteiger partial charge < -0.3 is 10.3 Å². The van der Waals surface area contributed by atoms with E-state index in [0.29, 0.717) is 0 Å². The third-order valence-electron chi connectivity index (χ3n) is 2.25. The van der Waals surface area contributed by atoms with Crippen LogP contribution in [0.15, 0.2) is 33.3 Å². The van der Waals surface area contributed by atoms with Gasteiger partial charge in [0.2, 0.25) is 0 Å². The Morgan fingerprint density at radius 1 is 1.44 bits per heavy atom. The summed E-state index contributed by atoms with van der Waals surface area (Å²) in [6, 6.07) is 3.75. The first-order valence-corrected chi connectivity index (χ1v) is 5.56. The quantitative estimate of drug-likeness (QED) is 0.813. The number of anilines is 1. The van der Waals surface area contributed by atoms with E-state index >= 15 is 0 Å². The second-order valence-corrected chi connectivity index (χ2v) is 4.48. The number of hydrogen-bond donors (Lipinski definition) is 1. The van der Waals surface area contributed by atoms with Crippen LogP contribution >= 0.6 is 11.3 Å². The van der Waals surface area contributed by atoms with E-state index in [-0.39, 0.29) is 17.9 Å². The van der Waals surface area contributed by atoms with E-state index in [0.717, 1.165) is 9.44 Å². The number of nitrogens with two attached hydrogens (primary N) is 1. The first-order chi connectivity index (χ1) is 7.59. The van der Waals surface area contributed by atoms with E-state index in [2.05, 4.69) is 0 Å². The zero-order valence-electron chi connectivity index (χ0n) is 8.71. The highest BCUT2D eigenvalue weighted by molar-refractivity contribution is 7.09. The van der Waals surface area contributed by atoms with E-state index in [1.807, 2.05) is 17.5 Å². The van der Waals surface area contributed by atoms with Gasteiger partial charge >= 0.3 is 5.69 Å². The van der Waals surface area contributed by atoms with Crippen molar-refractivity contribution in [3.8, 4) is 0 Å². The van der Waals surface area contributed by atoms with Crippen molar-refractivity contribution in [2.45, 2.75) is 6.54 Å². The molecule has 0 aromatic carbocycles. The minimum atomic E-state index is -0.434. The number of nitrogens with zero attached hydrogens (tertiary/aromatic N) is 2. The standard InChI is InChI=1S/C10H11N3O2S/c1-12-6-8(11)9(14)13(10(12)15)5-7-3-2-4-16-7/h2-4,6H,5,11H2,1H3. The predicted octanol–water partition coefficient (Wildman–Crippen LogP) is 0.239. The van der Waals surface area contributed by atoms with Gasteiger partial charge in [-0.05, 0) is 11.4 Å². The van der Waals surface area contributed by atoms with Crippen LogP contribution in [0.5, 0.6) is 0 Å². The molecule has 5 nitrogen and oxygen atoms in total. The fourth-order valence-corrected chi connectivity index (χ4v) is 2.14. The molecule has 0 saturated heterocycles. The topological polar surface area (TPSA) is 70.0 Å². The number of thiophene rings is 1. The lowest BCUT2D eigenvalue weighted by molar-refractivity contribution is 0.648. The smallest absolute Gasteiger partial charge is 0.331 e. The van der Waals surface area contributed by atoms with Crippen molar-refractivity contribution >= 4 is 17.0 Å². The highest BCUT2D eigenvalue weighted by Gasteiger charge is 2.08. The second kappa shape index (κ2) is 3.97. The molecule has 2 rings (SSSR count). The van der Waals surface area contributed by atoms with E-state index in [9.17, 15) is 9.59 Å². The fourth-order valence-electron chi connectivity index (χ4n) is 1.45. The Morgan fingerprint density at radius 2 is 2.19 bits per heavy atom. The molecule has 2 aromatic heterocycles. The molecule has 0 spiro atoms. The molecule has 0 unspecified atom stereocenters. The van der Waals surface area contributed by atoms with Crippen LogP contribution in [-0.2, 0) is 13.6 Å². The zero-order chi connectivity index (χ0) is 11.7. The first-order valence-electron chi connectivity index (χ1n) is 4.68. The van der Waals surface area contributed by atoms with Gasteiger partial charge in [0.1, 0.15) is 5.69 Å². The second-order valence-electron chi connectivity index (χ2n) is 3.45. The van der Waals surface area contributed by atoms with Crippen LogP contribution in [0, 0.1) is 0 Å². The maximum Gasteiger partial charge on any atom is 0.331 e. The number of aryl methyl sites for hydroxylation is 1. The fraction of sp³-hybridized carbons (Fsp3) is 0.200. The van der Waals surface area contributed by atoms with Crippen LogP contribution in [0.4, 0.5) is 5.69 Å². The van der Waals surface area contributed by atoms with Crippen molar-refractivity contribution in [3.05, 3.63) is 49.4 Å². The number of rotatable bonds is 2. The minimum Gasteiger partial charge on any atom is -0.393 e. The lowest BCUT2D eigenvalue weighted by atomic mass is 10.4. The summed E-state index contributed by atoms with van der Waals surface area (Å²) in [5.74, 6) is 0. The molecule has 0 atom stereocenters. The highest BCUT2D eigenvalue weighted by atomic mass is 32.1. The lowest BCUT2D eigenvalue weighted by Gasteiger charge is -2.06. The molecular weight excluding hydrogens is 226 g/mol. The molecular formula is C10H11N3O2S. The van der Waals surface area contributed by atoms with Gasteiger partial charge in [-0.1, -0.05) is 6.07 Å². The summed E-state index contributed by atoms with van der Waals surface area (Å²) in [7, 11) is 1.57. The molecule has 2 N–H and O–H groups in total. The minimum absolute atomic E-state index is 0.0821. The molecule has 0 bridgehead atoms. The Kier molecular flexibility index (Phi) is 2.66. The summed E-state index contributed by atoms with van der Waals surface area (Å²) in [5, 5.41) is 1.90. The Bertz CT molecular complexity index is 576. The van der Waals surface area contributed by atoms with Crippen LogP contribution in [0.25, 0.3) is 0 Å². The van der Waals surface area contributed by atoms with Crippen molar-refractivity contribution in [2.24, 2.45) is 7.05 Å². The maximum absolute atomic E-state index is 11.7. The van der Waals surface area contributed by atoms with Crippen molar-refractivity contribution in [2.75, 3.05) is 5.73 Å².